The molecule has 35 heavy (non-hydrogen) atoms. The molecule has 5 nitrogen and oxygen atoms in total. The molecule has 200 valence electrons. The van der Waals surface area contributed by atoms with Crippen LogP contribution in [0.5, 0.6) is 0 Å². The van der Waals surface area contributed by atoms with Crippen molar-refractivity contribution in [3.63, 3.8) is 0 Å². The van der Waals surface area contributed by atoms with Gasteiger partial charge in [0.25, 0.3) is 0 Å². The van der Waals surface area contributed by atoms with E-state index in [9.17, 15) is 15.3 Å². The SMILES string of the molecule is C[C@H](CCCC(C)(C)O)[C@H]1CCC2C3=CC=C4C[C@@H](O)[C@@H](OCCCO)[C@@H](O)[C@@]4(C)[C@@H]3CC[C@@]21C. The van der Waals surface area contributed by atoms with Gasteiger partial charge in [-0.3, -0.25) is 0 Å². The summed E-state index contributed by atoms with van der Waals surface area (Å²) < 4.78 is 5.93. The minimum atomic E-state index is -0.757. The van der Waals surface area contributed by atoms with Gasteiger partial charge in [0.2, 0.25) is 0 Å². The Bertz CT molecular complexity index is 812. The molecule has 0 radical (unpaired) electrons. The minimum Gasteiger partial charge on any atom is -0.396 e. The van der Waals surface area contributed by atoms with Gasteiger partial charge in [0.15, 0.2) is 0 Å². The number of aliphatic hydroxyl groups excluding tert-OH is 3. The third kappa shape index (κ3) is 4.93. The Morgan fingerprint density at radius 1 is 1.09 bits per heavy atom. The topological polar surface area (TPSA) is 90.2 Å². The molecule has 0 saturated heterocycles. The third-order valence-electron chi connectivity index (χ3n) is 10.6. The Hall–Kier alpha value is -0.720. The molecule has 0 aromatic rings. The molecule has 4 aliphatic rings. The maximum Gasteiger partial charge on any atom is 0.110 e. The Labute approximate surface area is 212 Å². The average molecular weight is 491 g/mol. The quantitative estimate of drug-likeness (QED) is 0.350. The summed E-state index contributed by atoms with van der Waals surface area (Å²) in [6.45, 7) is 11.4. The second-order valence-corrected chi connectivity index (χ2v) is 13.3. The summed E-state index contributed by atoms with van der Waals surface area (Å²) in [6.07, 6.45) is 11.3. The second kappa shape index (κ2) is 10.2. The van der Waals surface area contributed by atoms with Gasteiger partial charge in [-0.1, -0.05) is 56.9 Å². The van der Waals surface area contributed by atoms with Crippen LogP contribution in [0, 0.1) is 34.5 Å². The maximum absolute atomic E-state index is 11.6. The van der Waals surface area contributed by atoms with Gasteiger partial charge in [-0.15, -0.1) is 0 Å². The first kappa shape index (κ1) is 27.3. The van der Waals surface area contributed by atoms with E-state index in [0.717, 1.165) is 24.8 Å². The van der Waals surface area contributed by atoms with Gasteiger partial charge < -0.3 is 25.2 Å². The molecule has 0 bridgehead atoms. The molecule has 5 heteroatoms. The van der Waals surface area contributed by atoms with Crippen molar-refractivity contribution in [3.8, 4) is 0 Å². The van der Waals surface area contributed by atoms with Crippen molar-refractivity contribution in [1.82, 2.24) is 0 Å². The number of rotatable bonds is 9. The highest BCUT2D eigenvalue weighted by atomic mass is 16.5. The van der Waals surface area contributed by atoms with Crippen LogP contribution in [-0.2, 0) is 4.74 Å². The Kier molecular flexibility index (Phi) is 7.97. The predicted molar refractivity (Wildman–Crippen MR) is 139 cm³/mol. The number of aliphatic hydroxyl groups is 4. The van der Waals surface area contributed by atoms with Gasteiger partial charge in [0.1, 0.15) is 6.10 Å². The van der Waals surface area contributed by atoms with Crippen LogP contribution in [-0.4, -0.2) is 57.6 Å². The molecule has 4 aliphatic carbocycles. The number of fused-ring (bicyclic) bond motifs is 5. The third-order valence-corrected chi connectivity index (χ3v) is 10.6. The van der Waals surface area contributed by atoms with E-state index in [2.05, 4.69) is 32.9 Å². The Morgan fingerprint density at radius 3 is 2.51 bits per heavy atom. The zero-order chi connectivity index (χ0) is 25.6. The molecular formula is C30H50O5. The summed E-state index contributed by atoms with van der Waals surface area (Å²) in [7, 11) is 0. The van der Waals surface area contributed by atoms with Crippen LogP contribution in [0.1, 0.15) is 92.4 Å². The summed E-state index contributed by atoms with van der Waals surface area (Å²) in [6, 6.07) is 0. The van der Waals surface area contributed by atoms with Crippen molar-refractivity contribution < 1.29 is 25.2 Å². The number of ether oxygens (including phenoxy) is 1. The number of hydrogen-bond acceptors (Lipinski definition) is 5. The lowest BCUT2D eigenvalue weighted by molar-refractivity contribution is -0.162. The van der Waals surface area contributed by atoms with Gasteiger partial charge in [0.05, 0.1) is 17.8 Å². The first-order valence-corrected chi connectivity index (χ1v) is 14.2. The summed E-state index contributed by atoms with van der Waals surface area (Å²) in [5.74, 6) is 2.18. The number of hydrogen-bond donors (Lipinski definition) is 4. The van der Waals surface area contributed by atoms with Gasteiger partial charge in [-0.25, -0.2) is 0 Å². The van der Waals surface area contributed by atoms with E-state index in [-0.39, 0.29) is 17.9 Å². The van der Waals surface area contributed by atoms with Gasteiger partial charge in [-0.05, 0) is 87.9 Å². The fraction of sp³-hybridized carbons (Fsp3) is 0.867. The van der Waals surface area contributed by atoms with Crippen molar-refractivity contribution in [3.05, 3.63) is 23.3 Å². The fourth-order valence-electron chi connectivity index (χ4n) is 8.57. The van der Waals surface area contributed by atoms with Crippen LogP contribution in [0.3, 0.4) is 0 Å². The summed E-state index contributed by atoms with van der Waals surface area (Å²) >= 11 is 0. The Balaban J connectivity index is 1.52. The molecule has 3 saturated carbocycles. The first-order valence-electron chi connectivity index (χ1n) is 14.2. The van der Waals surface area contributed by atoms with Crippen LogP contribution in [0.2, 0.25) is 0 Å². The highest BCUT2D eigenvalue weighted by Gasteiger charge is 2.60. The summed E-state index contributed by atoms with van der Waals surface area (Å²) in [4.78, 5) is 0. The van der Waals surface area contributed by atoms with E-state index in [4.69, 9.17) is 9.84 Å². The lowest BCUT2D eigenvalue weighted by Crippen LogP contribution is -2.59. The van der Waals surface area contributed by atoms with Crippen molar-refractivity contribution in [1.29, 1.82) is 0 Å². The van der Waals surface area contributed by atoms with Crippen molar-refractivity contribution >= 4 is 0 Å². The average Bonchev–Trinajstić information content (AvgIpc) is 3.14. The van der Waals surface area contributed by atoms with Gasteiger partial charge in [-0.2, -0.15) is 0 Å². The van der Waals surface area contributed by atoms with Crippen LogP contribution in [0.25, 0.3) is 0 Å². The van der Waals surface area contributed by atoms with E-state index < -0.39 is 29.3 Å². The maximum atomic E-state index is 11.6. The van der Waals surface area contributed by atoms with E-state index in [1.807, 2.05) is 13.8 Å². The van der Waals surface area contributed by atoms with E-state index in [1.165, 1.54) is 31.3 Å². The number of allylic oxidation sites excluding steroid dienone is 3. The highest BCUT2D eigenvalue weighted by Crippen LogP contribution is 2.66. The summed E-state index contributed by atoms with van der Waals surface area (Å²) in [5, 5.41) is 41.6. The van der Waals surface area contributed by atoms with Crippen LogP contribution < -0.4 is 0 Å². The lowest BCUT2D eigenvalue weighted by Gasteiger charge is -2.57. The normalized spacial score (nSPS) is 42.0. The van der Waals surface area contributed by atoms with Crippen molar-refractivity contribution in [2.75, 3.05) is 13.2 Å². The molecule has 4 rings (SSSR count). The van der Waals surface area contributed by atoms with E-state index in [1.54, 1.807) is 0 Å². The van der Waals surface area contributed by atoms with Crippen molar-refractivity contribution in [2.24, 2.45) is 34.5 Å². The molecule has 0 aromatic carbocycles. The molecule has 3 fully saturated rings. The largest absolute Gasteiger partial charge is 0.396 e. The molecule has 0 aliphatic heterocycles. The Morgan fingerprint density at radius 2 is 1.83 bits per heavy atom. The monoisotopic (exact) mass is 490 g/mol. The predicted octanol–water partition coefficient (Wildman–Crippen LogP) is 4.77. The summed E-state index contributed by atoms with van der Waals surface area (Å²) in [5.41, 5.74) is 1.96. The van der Waals surface area contributed by atoms with Crippen LogP contribution >= 0.6 is 0 Å². The molecular weight excluding hydrogens is 440 g/mol. The van der Waals surface area contributed by atoms with E-state index in [0.29, 0.717) is 37.2 Å². The zero-order valence-corrected chi connectivity index (χ0v) is 22.7. The standard InChI is InChI=1S/C30H50O5/c1-19(8-6-14-28(2,3)34)22-11-12-23-21-10-9-20-18-25(32)26(35-17-7-16-31)27(33)30(20,5)24(21)13-15-29(22,23)4/h9-10,19,22-27,31-34H,6-8,11-18H2,1-5H3/t19-,22-,23?,24-,25-,26-,27-,29-,30-/m1/s1. The molecule has 9 atom stereocenters. The zero-order valence-electron chi connectivity index (χ0n) is 22.7. The minimum absolute atomic E-state index is 0.0501. The van der Waals surface area contributed by atoms with Crippen molar-refractivity contribution in [2.45, 2.75) is 116 Å². The van der Waals surface area contributed by atoms with Gasteiger partial charge in [0, 0.05) is 18.6 Å². The molecule has 0 spiro atoms. The molecule has 0 aromatic heterocycles. The van der Waals surface area contributed by atoms with E-state index >= 15 is 0 Å². The first-order chi connectivity index (χ1) is 16.4. The molecule has 0 heterocycles. The second-order valence-electron chi connectivity index (χ2n) is 13.3. The van der Waals surface area contributed by atoms with Crippen LogP contribution in [0.4, 0.5) is 0 Å². The fourth-order valence-corrected chi connectivity index (χ4v) is 8.57. The molecule has 0 amide bonds. The highest BCUT2D eigenvalue weighted by molar-refractivity contribution is 5.40. The van der Waals surface area contributed by atoms with Gasteiger partial charge >= 0.3 is 0 Å². The molecule has 4 N–H and O–H groups in total. The molecule has 1 unspecified atom stereocenters. The van der Waals surface area contributed by atoms with Crippen LogP contribution in [0.15, 0.2) is 23.3 Å². The lowest BCUT2D eigenvalue weighted by atomic mass is 9.49. The smallest absolute Gasteiger partial charge is 0.110 e.